The van der Waals surface area contributed by atoms with Crippen LogP contribution in [0, 0.1) is 0 Å². The number of carbonyl (C=O) groups excluding carboxylic acids is 2. The Morgan fingerprint density at radius 3 is 1.47 bits per heavy atom. The Labute approximate surface area is 170 Å². The van der Waals surface area contributed by atoms with E-state index in [0.717, 1.165) is 32.2 Å². The summed E-state index contributed by atoms with van der Waals surface area (Å²) in [5, 5.41) is 4.44. The van der Waals surface area contributed by atoms with Crippen molar-refractivity contribution in [2.75, 3.05) is 14.2 Å². The summed E-state index contributed by atoms with van der Waals surface area (Å²) in [6.07, 6.45) is 3.54. The molecular weight excluding hydrogens is 380 g/mol. The summed E-state index contributed by atoms with van der Waals surface area (Å²) in [5.41, 5.74) is 2.48. The van der Waals surface area contributed by atoms with Gasteiger partial charge in [0.1, 0.15) is 0 Å². The van der Waals surface area contributed by atoms with Crippen LogP contribution in [0.4, 0.5) is 0 Å². The maximum absolute atomic E-state index is 12.8. The number of para-hydroxylation sites is 2. The molecule has 2 aromatic carbocycles. The van der Waals surface area contributed by atoms with E-state index in [2.05, 4.69) is 9.97 Å². The van der Waals surface area contributed by atoms with Crippen molar-refractivity contribution >= 4 is 57.0 Å². The van der Waals surface area contributed by atoms with Crippen LogP contribution in [0.25, 0.3) is 45.1 Å². The average Bonchev–Trinajstić information content (AvgIpc) is 3.31. The maximum atomic E-state index is 12.8. The summed E-state index contributed by atoms with van der Waals surface area (Å²) < 4.78 is 10.2. The highest BCUT2D eigenvalue weighted by molar-refractivity contribution is 6.24. The lowest BCUT2D eigenvalue weighted by atomic mass is 10.0. The largest absolute Gasteiger partial charge is 0.465 e. The molecule has 0 fully saturated rings. The number of hydrogen-bond donors (Lipinski definition) is 2. The number of carbonyl (C=O) groups is 2. The number of ether oxygens (including phenoxy) is 2. The van der Waals surface area contributed by atoms with Crippen LogP contribution in [0.5, 0.6) is 0 Å². The Kier molecular flexibility index (Phi) is 4.06. The third kappa shape index (κ3) is 2.58. The Bertz CT molecular complexity index is 1480. The zero-order valence-corrected chi connectivity index (χ0v) is 16.4. The molecule has 0 amide bonds. The van der Waals surface area contributed by atoms with Crippen molar-refractivity contribution in [1.82, 2.24) is 9.97 Å². The lowest BCUT2D eigenvalue weighted by Gasteiger charge is -2.04. The van der Waals surface area contributed by atoms with Gasteiger partial charge in [-0.3, -0.25) is 0 Å². The minimum Gasteiger partial charge on any atom is -0.465 e. The number of esters is 2. The number of benzene rings is 2. The van der Waals surface area contributed by atoms with Gasteiger partial charge in [-0.1, -0.05) is 36.4 Å². The van der Waals surface area contributed by atoms with Gasteiger partial charge in [-0.15, -0.1) is 0 Å². The van der Waals surface area contributed by atoms with Crippen LogP contribution in [0.2, 0.25) is 0 Å². The van der Waals surface area contributed by atoms with E-state index in [1.54, 1.807) is 12.2 Å². The fraction of sp³-hybridized carbons (Fsp3) is 0.0833. The van der Waals surface area contributed by atoms with Crippen molar-refractivity contribution in [2.24, 2.45) is 0 Å². The summed E-state index contributed by atoms with van der Waals surface area (Å²) in [5.74, 6) is -0.928. The van der Waals surface area contributed by atoms with Gasteiger partial charge in [0, 0.05) is 32.2 Å². The predicted molar refractivity (Wildman–Crippen MR) is 115 cm³/mol. The molecule has 0 saturated heterocycles. The predicted octanol–water partition coefficient (Wildman–Crippen LogP) is 0.571. The van der Waals surface area contributed by atoms with Crippen molar-refractivity contribution in [2.45, 2.75) is 0 Å². The third-order valence-corrected chi connectivity index (χ3v) is 5.42. The van der Waals surface area contributed by atoms with E-state index in [-0.39, 0.29) is 0 Å². The monoisotopic (exact) mass is 398 g/mol. The van der Waals surface area contributed by atoms with Gasteiger partial charge in [-0.05, 0) is 24.3 Å². The molecule has 30 heavy (non-hydrogen) atoms. The molecule has 0 unspecified atom stereocenters. The molecule has 0 radical (unpaired) electrons. The Morgan fingerprint density at radius 2 is 1.07 bits per heavy atom. The highest BCUT2D eigenvalue weighted by atomic mass is 16.5. The molecule has 0 aliphatic heterocycles. The van der Waals surface area contributed by atoms with Gasteiger partial charge in [0.15, 0.2) is 0 Å². The number of H-pyrrole nitrogens is 2. The van der Waals surface area contributed by atoms with Gasteiger partial charge < -0.3 is 19.4 Å². The van der Waals surface area contributed by atoms with Crippen molar-refractivity contribution < 1.29 is 19.1 Å². The zero-order valence-electron chi connectivity index (χ0n) is 16.4. The van der Waals surface area contributed by atoms with Gasteiger partial charge in [0.2, 0.25) is 0 Å². The number of rotatable bonds is 2. The van der Waals surface area contributed by atoms with Crippen molar-refractivity contribution in [3.8, 4) is 0 Å². The summed E-state index contributed by atoms with van der Waals surface area (Å²) in [6, 6.07) is 15.4. The molecular formula is C24H18N2O4. The second-order valence-electron chi connectivity index (χ2n) is 7.02. The van der Waals surface area contributed by atoms with Gasteiger partial charge in [0.25, 0.3) is 0 Å². The van der Waals surface area contributed by atoms with Crippen molar-refractivity contribution in [3.63, 3.8) is 0 Å². The molecule has 2 aromatic heterocycles. The molecule has 0 bridgehead atoms. The fourth-order valence-corrected chi connectivity index (χ4v) is 4.03. The minimum absolute atomic E-state index is 0.384. The standard InChI is InChI=1S/C24H18N2O4/c1-29-23(27)17-11-15-13-7-3-6-10-20(13)26-22(15)18(24(28)30-2)12-16-14-8-4-5-9-19(14)25-21(16)17/h3-12,25-26H,1-2H3/b15-11-,16-12-,17-11?,18-12?,21-17-,22-18-. The Balaban J connectivity index is 2.11. The van der Waals surface area contributed by atoms with Gasteiger partial charge in [-0.25, -0.2) is 9.59 Å². The van der Waals surface area contributed by atoms with E-state index >= 15 is 0 Å². The SMILES string of the molecule is COC(=O)C1=c2\[nH]c3ccccc3\c2=C\C(C(=O)OC)=c2\[nH]c3ccccc3\c2=C\1. The summed E-state index contributed by atoms with van der Waals surface area (Å²) >= 11 is 0. The molecule has 5 rings (SSSR count). The first-order valence-electron chi connectivity index (χ1n) is 9.44. The lowest BCUT2D eigenvalue weighted by molar-refractivity contribution is -0.134. The van der Waals surface area contributed by atoms with Gasteiger partial charge in [-0.2, -0.15) is 0 Å². The molecule has 1 aliphatic carbocycles. The van der Waals surface area contributed by atoms with Crippen LogP contribution in [-0.4, -0.2) is 36.1 Å². The van der Waals surface area contributed by atoms with Crippen molar-refractivity contribution in [1.29, 1.82) is 0 Å². The topological polar surface area (TPSA) is 84.2 Å². The second-order valence-corrected chi connectivity index (χ2v) is 7.02. The van der Waals surface area contributed by atoms with Crippen LogP contribution in [0.1, 0.15) is 0 Å². The molecule has 2 N–H and O–H groups in total. The minimum atomic E-state index is -0.464. The van der Waals surface area contributed by atoms with Crippen LogP contribution < -0.4 is 21.1 Å². The first-order valence-corrected chi connectivity index (χ1v) is 9.44. The number of aromatic nitrogens is 2. The summed E-state index contributed by atoms with van der Waals surface area (Å²) in [6.45, 7) is 0. The number of fused-ring (bicyclic) bond motifs is 6. The lowest BCUT2D eigenvalue weighted by Crippen LogP contribution is -2.36. The van der Waals surface area contributed by atoms with E-state index in [9.17, 15) is 9.59 Å². The number of nitrogens with one attached hydrogen (secondary N) is 2. The molecule has 0 spiro atoms. The molecule has 1 aliphatic rings. The first kappa shape index (κ1) is 18.0. The van der Waals surface area contributed by atoms with Gasteiger partial charge >= 0.3 is 11.9 Å². The Hall–Kier alpha value is -4.06. The Morgan fingerprint density at radius 1 is 0.667 bits per heavy atom. The molecule has 0 atom stereocenters. The highest BCUT2D eigenvalue weighted by Crippen LogP contribution is 2.11. The molecule has 148 valence electrons. The normalized spacial score (nSPS) is 18.9. The summed E-state index contributed by atoms with van der Waals surface area (Å²) in [7, 11) is 2.71. The fourth-order valence-electron chi connectivity index (χ4n) is 4.03. The van der Waals surface area contributed by atoms with E-state index in [1.807, 2.05) is 48.5 Å². The van der Waals surface area contributed by atoms with E-state index < -0.39 is 11.9 Å². The van der Waals surface area contributed by atoms with Crippen LogP contribution in [0.15, 0.2) is 48.5 Å². The number of hydrogen-bond acceptors (Lipinski definition) is 4. The van der Waals surface area contributed by atoms with Crippen LogP contribution >= 0.6 is 0 Å². The van der Waals surface area contributed by atoms with Gasteiger partial charge in [0.05, 0.1) is 36.1 Å². The zero-order chi connectivity index (χ0) is 20.8. The van der Waals surface area contributed by atoms with Crippen LogP contribution in [-0.2, 0) is 19.1 Å². The highest BCUT2D eigenvalue weighted by Gasteiger charge is 2.19. The molecule has 6 heteroatoms. The van der Waals surface area contributed by atoms with E-state index in [1.165, 1.54) is 14.2 Å². The number of aromatic amines is 2. The maximum Gasteiger partial charge on any atom is 0.340 e. The molecule has 2 heterocycles. The molecule has 6 nitrogen and oxygen atoms in total. The van der Waals surface area contributed by atoms with Crippen LogP contribution in [0.3, 0.4) is 0 Å². The van der Waals surface area contributed by atoms with Crippen molar-refractivity contribution in [3.05, 3.63) is 69.7 Å². The smallest absolute Gasteiger partial charge is 0.340 e. The molecule has 4 aromatic rings. The second kappa shape index (κ2) is 6.77. The molecule has 0 saturated carbocycles. The summed E-state index contributed by atoms with van der Waals surface area (Å²) in [4.78, 5) is 32.2. The van der Waals surface area contributed by atoms with E-state index in [0.29, 0.717) is 21.8 Å². The quantitative estimate of drug-likeness (QED) is 0.484. The van der Waals surface area contributed by atoms with E-state index in [4.69, 9.17) is 9.47 Å². The first-order chi connectivity index (χ1) is 14.6. The average molecular weight is 398 g/mol. The third-order valence-electron chi connectivity index (χ3n) is 5.42. The number of methoxy groups -OCH3 is 2.